The molecule has 2 aliphatic rings. The molecule has 2 aliphatic carbocycles. The lowest BCUT2D eigenvalue weighted by Gasteiger charge is -2.33. The van der Waals surface area contributed by atoms with Crippen LogP contribution in [0.3, 0.4) is 0 Å². The van der Waals surface area contributed by atoms with Gasteiger partial charge in [0.15, 0.2) is 0 Å². The zero-order valence-electron chi connectivity index (χ0n) is 8.15. The van der Waals surface area contributed by atoms with Crippen molar-refractivity contribution in [1.82, 2.24) is 0 Å². The normalized spacial score (nSPS) is 42.5. The molecular weight excluding hydrogens is 164 g/mol. The van der Waals surface area contributed by atoms with Crippen molar-refractivity contribution in [2.45, 2.75) is 57.2 Å². The molecule has 0 radical (unpaired) electrons. The van der Waals surface area contributed by atoms with Gasteiger partial charge in [-0.2, -0.15) is 0 Å². The van der Waals surface area contributed by atoms with Gasteiger partial charge < -0.3 is 10.2 Å². The van der Waals surface area contributed by atoms with E-state index in [1.807, 2.05) is 0 Å². The highest BCUT2D eigenvalue weighted by molar-refractivity contribution is 4.84. The topological polar surface area (TPSA) is 40.5 Å². The second-order valence-electron chi connectivity index (χ2n) is 4.75. The summed E-state index contributed by atoms with van der Waals surface area (Å²) in [7, 11) is 0. The molecule has 3 atom stereocenters. The van der Waals surface area contributed by atoms with Gasteiger partial charge in [-0.15, -0.1) is 0 Å². The average molecular weight is 184 g/mol. The lowest BCUT2D eigenvalue weighted by Crippen LogP contribution is -2.35. The summed E-state index contributed by atoms with van der Waals surface area (Å²) in [6, 6.07) is 0. The van der Waals surface area contributed by atoms with Crippen LogP contribution in [0.15, 0.2) is 0 Å². The highest BCUT2D eigenvalue weighted by atomic mass is 16.3. The van der Waals surface area contributed by atoms with Crippen LogP contribution in [0.1, 0.15) is 44.9 Å². The molecule has 2 N–H and O–H groups in total. The lowest BCUT2D eigenvalue weighted by molar-refractivity contribution is -0.0342. The molecule has 2 saturated carbocycles. The Bertz CT molecular complexity index is 163. The monoisotopic (exact) mass is 184 g/mol. The predicted molar refractivity (Wildman–Crippen MR) is 51.3 cm³/mol. The molecule has 0 heterocycles. The van der Waals surface area contributed by atoms with Crippen LogP contribution in [0.4, 0.5) is 0 Å². The van der Waals surface area contributed by atoms with Crippen LogP contribution in [-0.4, -0.2) is 22.4 Å². The summed E-state index contributed by atoms with van der Waals surface area (Å²) in [6.45, 7) is 0. The smallest absolute Gasteiger partial charge is 0.0801 e. The first kappa shape index (κ1) is 9.47. The first-order valence-corrected chi connectivity index (χ1v) is 5.63. The van der Waals surface area contributed by atoms with E-state index in [-0.39, 0.29) is 0 Å². The molecule has 2 fully saturated rings. The molecule has 2 nitrogen and oxygen atoms in total. The Balaban J connectivity index is 1.87. The third kappa shape index (κ3) is 2.05. The Morgan fingerprint density at radius 2 is 1.38 bits per heavy atom. The SMILES string of the molecule is O[C@H]1CCC(C2CCCC2)C[C@@H]1O. The fourth-order valence-corrected chi connectivity index (χ4v) is 3.02. The first-order valence-electron chi connectivity index (χ1n) is 5.63. The van der Waals surface area contributed by atoms with Gasteiger partial charge in [0.1, 0.15) is 0 Å². The van der Waals surface area contributed by atoms with E-state index in [2.05, 4.69) is 0 Å². The van der Waals surface area contributed by atoms with Crippen molar-refractivity contribution in [3.63, 3.8) is 0 Å². The lowest BCUT2D eigenvalue weighted by atomic mass is 9.77. The molecule has 0 aromatic rings. The van der Waals surface area contributed by atoms with E-state index in [4.69, 9.17) is 0 Å². The van der Waals surface area contributed by atoms with Crippen LogP contribution >= 0.6 is 0 Å². The van der Waals surface area contributed by atoms with E-state index < -0.39 is 12.2 Å². The molecule has 0 saturated heterocycles. The molecule has 0 spiro atoms. The molecule has 0 aromatic heterocycles. The molecule has 13 heavy (non-hydrogen) atoms. The largest absolute Gasteiger partial charge is 0.390 e. The van der Waals surface area contributed by atoms with E-state index in [0.29, 0.717) is 5.92 Å². The first-order chi connectivity index (χ1) is 6.27. The molecule has 0 aliphatic heterocycles. The van der Waals surface area contributed by atoms with Gasteiger partial charge in [0.25, 0.3) is 0 Å². The van der Waals surface area contributed by atoms with Crippen molar-refractivity contribution >= 4 is 0 Å². The molecule has 2 rings (SSSR count). The van der Waals surface area contributed by atoms with Crippen molar-refractivity contribution in [3.05, 3.63) is 0 Å². The number of hydrogen-bond donors (Lipinski definition) is 2. The molecule has 2 heteroatoms. The molecular formula is C11H20O2. The second kappa shape index (κ2) is 3.97. The minimum Gasteiger partial charge on any atom is -0.390 e. The zero-order chi connectivity index (χ0) is 9.26. The molecule has 1 unspecified atom stereocenters. The molecule has 76 valence electrons. The third-order valence-electron chi connectivity index (χ3n) is 3.89. The maximum Gasteiger partial charge on any atom is 0.0801 e. The van der Waals surface area contributed by atoms with Gasteiger partial charge in [-0.05, 0) is 31.1 Å². The van der Waals surface area contributed by atoms with E-state index in [1.165, 1.54) is 25.7 Å². The maximum atomic E-state index is 9.56. The van der Waals surface area contributed by atoms with Crippen LogP contribution in [0.2, 0.25) is 0 Å². The summed E-state index contributed by atoms with van der Waals surface area (Å²) < 4.78 is 0. The minimum absolute atomic E-state index is 0.445. The molecule has 0 aromatic carbocycles. The van der Waals surface area contributed by atoms with E-state index in [1.54, 1.807) is 0 Å². The predicted octanol–water partition coefficient (Wildman–Crippen LogP) is 1.70. The summed E-state index contributed by atoms with van der Waals surface area (Å²) in [5, 5.41) is 18.9. The number of aliphatic hydroxyl groups excluding tert-OH is 2. The van der Waals surface area contributed by atoms with Crippen LogP contribution in [0, 0.1) is 11.8 Å². The van der Waals surface area contributed by atoms with E-state index in [0.717, 1.165) is 25.2 Å². The van der Waals surface area contributed by atoms with Crippen molar-refractivity contribution < 1.29 is 10.2 Å². The summed E-state index contributed by atoms with van der Waals surface area (Å²) in [5.74, 6) is 1.54. The van der Waals surface area contributed by atoms with Crippen molar-refractivity contribution in [2.24, 2.45) is 11.8 Å². The summed E-state index contributed by atoms with van der Waals surface area (Å²) >= 11 is 0. The fourth-order valence-electron chi connectivity index (χ4n) is 3.02. The Hall–Kier alpha value is -0.0800. The summed E-state index contributed by atoms with van der Waals surface area (Å²) in [5.41, 5.74) is 0. The zero-order valence-corrected chi connectivity index (χ0v) is 8.15. The number of aliphatic hydroxyl groups is 2. The Labute approximate surface area is 80.0 Å². The summed E-state index contributed by atoms with van der Waals surface area (Å²) in [6.07, 6.45) is 7.34. The quantitative estimate of drug-likeness (QED) is 0.651. The van der Waals surface area contributed by atoms with Crippen molar-refractivity contribution in [1.29, 1.82) is 0 Å². The standard InChI is InChI=1S/C11H20O2/c12-10-6-5-9(7-11(10)13)8-3-1-2-4-8/h8-13H,1-7H2/t9?,10-,11-/m0/s1. The van der Waals surface area contributed by atoms with Gasteiger partial charge in [0, 0.05) is 0 Å². The van der Waals surface area contributed by atoms with Crippen molar-refractivity contribution in [3.8, 4) is 0 Å². The number of rotatable bonds is 1. The van der Waals surface area contributed by atoms with Gasteiger partial charge >= 0.3 is 0 Å². The fraction of sp³-hybridized carbons (Fsp3) is 1.00. The minimum atomic E-state index is -0.447. The van der Waals surface area contributed by atoms with Gasteiger partial charge in [-0.1, -0.05) is 25.7 Å². The number of hydrogen-bond acceptors (Lipinski definition) is 2. The van der Waals surface area contributed by atoms with Gasteiger partial charge in [-0.3, -0.25) is 0 Å². The van der Waals surface area contributed by atoms with E-state index in [9.17, 15) is 10.2 Å². The molecule has 0 amide bonds. The summed E-state index contributed by atoms with van der Waals surface area (Å²) in [4.78, 5) is 0. The van der Waals surface area contributed by atoms with E-state index >= 15 is 0 Å². The van der Waals surface area contributed by atoms with Gasteiger partial charge in [0.05, 0.1) is 12.2 Å². The molecule has 0 bridgehead atoms. The van der Waals surface area contributed by atoms with Crippen LogP contribution in [0.5, 0.6) is 0 Å². The highest BCUT2D eigenvalue weighted by Gasteiger charge is 2.33. The average Bonchev–Trinajstić information content (AvgIpc) is 2.62. The maximum absolute atomic E-state index is 9.56. The van der Waals surface area contributed by atoms with Crippen LogP contribution in [-0.2, 0) is 0 Å². The second-order valence-corrected chi connectivity index (χ2v) is 4.75. The van der Waals surface area contributed by atoms with Crippen LogP contribution < -0.4 is 0 Å². The van der Waals surface area contributed by atoms with Crippen molar-refractivity contribution in [2.75, 3.05) is 0 Å². The van der Waals surface area contributed by atoms with Gasteiger partial charge in [-0.25, -0.2) is 0 Å². The van der Waals surface area contributed by atoms with Crippen LogP contribution in [0.25, 0.3) is 0 Å². The Kier molecular flexibility index (Phi) is 2.89. The highest BCUT2D eigenvalue weighted by Crippen LogP contribution is 2.39. The third-order valence-corrected chi connectivity index (χ3v) is 3.89. The van der Waals surface area contributed by atoms with Gasteiger partial charge in [0.2, 0.25) is 0 Å². The Morgan fingerprint density at radius 1 is 0.692 bits per heavy atom. The Morgan fingerprint density at radius 3 is 2.00 bits per heavy atom.